The van der Waals surface area contributed by atoms with E-state index < -0.39 is 0 Å². The lowest BCUT2D eigenvalue weighted by atomic mass is 10.1. The molecule has 0 aliphatic rings. The van der Waals surface area contributed by atoms with Crippen molar-refractivity contribution < 1.29 is 9.13 Å². The predicted octanol–water partition coefficient (Wildman–Crippen LogP) is 4.77. The highest BCUT2D eigenvalue weighted by molar-refractivity contribution is 9.10. The van der Waals surface area contributed by atoms with E-state index in [0.29, 0.717) is 0 Å². The molecule has 0 fully saturated rings. The number of rotatable bonds is 4. The van der Waals surface area contributed by atoms with Crippen molar-refractivity contribution in [3.63, 3.8) is 0 Å². The summed E-state index contributed by atoms with van der Waals surface area (Å²) in [6, 6.07) is 12.8. The summed E-state index contributed by atoms with van der Waals surface area (Å²) >= 11 is 3.49. The van der Waals surface area contributed by atoms with Gasteiger partial charge in [-0.25, -0.2) is 4.39 Å². The van der Waals surface area contributed by atoms with Crippen LogP contribution in [-0.2, 0) is 0 Å². The lowest BCUT2D eigenvalue weighted by Gasteiger charge is -2.17. The van der Waals surface area contributed by atoms with Gasteiger partial charge >= 0.3 is 0 Å². The Morgan fingerprint density at radius 1 is 1.21 bits per heavy atom. The molecular weight excluding hydrogens is 309 g/mol. The molecule has 1 unspecified atom stereocenters. The van der Waals surface area contributed by atoms with E-state index in [2.05, 4.69) is 21.2 Å². The van der Waals surface area contributed by atoms with E-state index >= 15 is 0 Å². The number of halogens is 2. The van der Waals surface area contributed by atoms with Gasteiger partial charge in [0.15, 0.2) is 11.6 Å². The van der Waals surface area contributed by atoms with Gasteiger partial charge in [0.2, 0.25) is 0 Å². The first-order valence-electron chi connectivity index (χ1n) is 5.96. The molecular formula is C15H15BrFNO. The van der Waals surface area contributed by atoms with Crippen LogP contribution in [0.1, 0.15) is 18.5 Å². The third kappa shape index (κ3) is 3.26. The van der Waals surface area contributed by atoms with Crippen molar-refractivity contribution in [3.8, 4) is 5.75 Å². The Hall–Kier alpha value is -1.55. The summed E-state index contributed by atoms with van der Waals surface area (Å²) in [5.74, 6) is -0.0855. The smallest absolute Gasteiger partial charge is 0.165 e. The molecule has 2 aromatic carbocycles. The van der Waals surface area contributed by atoms with Gasteiger partial charge in [-0.05, 0) is 52.7 Å². The van der Waals surface area contributed by atoms with Crippen molar-refractivity contribution in [1.82, 2.24) is 0 Å². The predicted molar refractivity (Wildman–Crippen MR) is 79.1 cm³/mol. The Labute approximate surface area is 120 Å². The third-order valence-electron chi connectivity index (χ3n) is 2.92. The van der Waals surface area contributed by atoms with Crippen LogP contribution in [0.25, 0.3) is 0 Å². The van der Waals surface area contributed by atoms with Gasteiger partial charge in [0, 0.05) is 16.2 Å². The van der Waals surface area contributed by atoms with Crippen LogP contribution in [0.4, 0.5) is 10.1 Å². The SMILES string of the molecule is COc1cc(C(C)Nc2ccccc2Br)ccc1F. The van der Waals surface area contributed by atoms with E-state index in [9.17, 15) is 4.39 Å². The van der Waals surface area contributed by atoms with E-state index in [4.69, 9.17) is 4.74 Å². The van der Waals surface area contributed by atoms with Gasteiger partial charge in [-0.1, -0.05) is 18.2 Å². The van der Waals surface area contributed by atoms with E-state index in [1.165, 1.54) is 13.2 Å². The molecule has 0 amide bonds. The van der Waals surface area contributed by atoms with Crippen LogP contribution < -0.4 is 10.1 Å². The molecule has 0 radical (unpaired) electrons. The minimum absolute atomic E-state index is 0.0493. The number of ether oxygens (including phenoxy) is 1. The van der Waals surface area contributed by atoms with Crippen molar-refractivity contribution in [1.29, 1.82) is 0 Å². The Kier molecular flexibility index (Phi) is 4.43. The van der Waals surface area contributed by atoms with E-state index in [-0.39, 0.29) is 17.6 Å². The van der Waals surface area contributed by atoms with Crippen LogP contribution in [0.15, 0.2) is 46.9 Å². The molecule has 0 bridgehead atoms. The average molecular weight is 324 g/mol. The molecule has 0 saturated carbocycles. The van der Waals surface area contributed by atoms with Crippen LogP contribution in [0.5, 0.6) is 5.75 Å². The first kappa shape index (κ1) is 13.9. The highest BCUT2D eigenvalue weighted by atomic mass is 79.9. The number of para-hydroxylation sites is 1. The number of hydrogen-bond donors (Lipinski definition) is 1. The molecule has 0 aromatic heterocycles. The normalized spacial score (nSPS) is 12.0. The maximum atomic E-state index is 13.4. The number of nitrogens with one attached hydrogen (secondary N) is 1. The molecule has 19 heavy (non-hydrogen) atoms. The van der Waals surface area contributed by atoms with Crippen LogP contribution >= 0.6 is 15.9 Å². The lowest BCUT2D eigenvalue weighted by molar-refractivity contribution is 0.385. The summed E-state index contributed by atoms with van der Waals surface area (Å²) < 4.78 is 19.4. The van der Waals surface area contributed by atoms with Crippen molar-refractivity contribution in [3.05, 3.63) is 58.3 Å². The Bertz CT molecular complexity index is 574. The van der Waals surface area contributed by atoms with E-state index in [1.807, 2.05) is 31.2 Å². The highest BCUT2D eigenvalue weighted by Gasteiger charge is 2.10. The van der Waals surface area contributed by atoms with Gasteiger partial charge in [0.25, 0.3) is 0 Å². The van der Waals surface area contributed by atoms with E-state index in [1.54, 1.807) is 12.1 Å². The molecule has 0 aliphatic carbocycles. The molecule has 2 nitrogen and oxygen atoms in total. The summed E-state index contributed by atoms with van der Waals surface area (Å²) in [6.45, 7) is 2.02. The van der Waals surface area contributed by atoms with Crippen LogP contribution in [0.2, 0.25) is 0 Å². The number of methoxy groups -OCH3 is 1. The van der Waals surface area contributed by atoms with Crippen LogP contribution in [-0.4, -0.2) is 7.11 Å². The summed E-state index contributed by atoms with van der Waals surface area (Å²) in [5.41, 5.74) is 1.97. The van der Waals surface area contributed by atoms with Gasteiger partial charge in [-0.2, -0.15) is 0 Å². The maximum Gasteiger partial charge on any atom is 0.165 e. The maximum absolute atomic E-state index is 13.4. The molecule has 1 atom stereocenters. The first-order valence-corrected chi connectivity index (χ1v) is 6.75. The molecule has 0 heterocycles. The topological polar surface area (TPSA) is 21.3 Å². The van der Waals surface area contributed by atoms with Crippen molar-refractivity contribution in [2.24, 2.45) is 0 Å². The monoisotopic (exact) mass is 323 g/mol. The third-order valence-corrected chi connectivity index (χ3v) is 3.61. The molecule has 0 spiro atoms. The quantitative estimate of drug-likeness (QED) is 0.875. The molecule has 100 valence electrons. The molecule has 2 rings (SSSR count). The Balaban J connectivity index is 2.20. The zero-order chi connectivity index (χ0) is 13.8. The number of anilines is 1. The van der Waals surface area contributed by atoms with Gasteiger partial charge in [-0.15, -0.1) is 0 Å². The van der Waals surface area contributed by atoms with Crippen molar-refractivity contribution >= 4 is 21.6 Å². The number of hydrogen-bond acceptors (Lipinski definition) is 2. The fraction of sp³-hybridized carbons (Fsp3) is 0.200. The fourth-order valence-electron chi connectivity index (χ4n) is 1.84. The standard InChI is InChI=1S/C15H15BrFNO/c1-10(18-14-6-4-3-5-12(14)16)11-7-8-13(17)15(9-11)19-2/h3-10,18H,1-2H3. The largest absolute Gasteiger partial charge is 0.494 e. The van der Waals surface area contributed by atoms with Gasteiger partial charge in [-0.3, -0.25) is 0 Å². The van der Waals surface area contributed by atoms with E-state index in [0.717, 1.165) is 15.7 Å². The zero-order valence-electron chi connectivity index (χ0n) is 10.8. The lowest BCUT2D eigenvalue weighted by Crippen LogP contribution is -2.07. The zero-order valence-corrected chi connectivity index (χ0v) is 12.4. The van der Waals surface area contributed by atoms with Gasteiger partial charge in [0.1, 0.15) is 0 Å². The minimum atomic E-state index is -0.348. The number of benzene rings is 2. The van der Waals surface area contributed by atoms with Crippen LogP contribution in [0, 0.1) is 5.82 Å². The minimum Gasteiger partial charge on any atom is -0.494 e. The van der Waals surface area contributed by atoms with Gasteiger partial charge < -0.3 is 10.1 Å². The summed E-state index contributed by atoms with van der Waals surface area (Å²) in [7, 11) is 1.47. The second-order valence-corrected chi connectivity index (χ2v) is 5.09. The second-order valence-electron chi connectivity index (χ2n) is 4.24. The highest BCUT2D eigenvalue weighted by Crippen LogP contribution is 2.28. The Morgan fingerprint density at radius 3 is 2.63 bits per heavy atom. The summed E-state index contributed by atoms with van der Waals surface area (Å²) in [5, 5.41) is 3.37. The fourth-order valence-corrected chi connectivity index (χ4v) is 2.24. The molecule has 1 N–H and O–H groups in total. The average Bonchev–Trinajstić information content (AvgIpc) is 2.42. The molecule has 0 aliphatic heterocycles. The molecule has 2 aromatic rings. The van der Waals surface area contributed by atoms with Crippen molar-refractivity contribution in [2.75, 3.05) is 12.4 Å². The summed E-state index contributed by atoms with van der Waals surface area (Å²) in [4.78, 5) is 0. The van der Waals surface area contributed by atoms with Crippen LogP contribution in [0.3, 0.4) is 0 Å². The molecule has 4 heteroatoms. The first-order chi connectivity index (χ1) is 9.11. The second kappa shape index (κ2) is 6.06. The summed E-state index contributed by atoms with van der Waals surface area (Å²) in [6.07, 6.45) is 0. The van der Waals surface area contributed by atoms with Crippen molar-refractivity contribution in [2.45, 2.75) is 13.0 Å². The molecule has 0 saturated heterocycles. The van der Waals surface area contributed by atoms with Gasteiger partial charge in [0.05, 0.1) is 7.11 Å². The Morgan fingerprint density at radius 2 is 1.95 bits per heavy atom.